The number of hydrogen-bond acceptors (Lipinski definition) is 3. The van der Waals surface area contributed by atoms with Gasteiger partial charge in [-0.3, -0.25) is 4.79 Å². The molecule has 0 heterocycles. The van der Waals surface area contributed by atoms with Crippen molar-refractivity contribution >= 4 is 29.3 Å². The Morgan fingerprint density at radius 2 is 0.917 bits per heavy atom. The van der Waals surface area contributed by atoms with Gasteiger partial charge in [-0.15, -0.1) is 23.5 Å². The van der Waals surface area contributed by atoms with Gasteiger partial charge in [-0.2, -0.15) is 0 Å². The van der Waals surface area contributed by atoms with Gasteiger partial charge in [0, 0.05) is 20.9 Å². The van der Waals surface area contributed by atoms with Gasteiger partial charge in [0.05, 0.1) is 0 Å². The fourth-order valence-corrected chi connectivity index (χ4v) is 6.53. The summed E-state index contributed by atoms with van der Waals surface area (Å²) in [6.07, 6.45) is 10.5. The fourth-order valence-electron chi connectivity index (χ4n) is 4.37. The molecule has 0 fully saturated rings. The number of carbonyl (C=O) groups is 1. The molecular weight excluding hydrogens is 476 g/mol. The van der Waals surface area contributed by atoms with Gasteiger partial charge in [-0.05, 0) is 96.5 Å². The van der Waals surface area contributed by atoms with E-state index in [1.165, 1.54) is 61.2 Å². The quantitative estimate of drug-likeness (QED) is 0.142. The Hall–Kier alpha value is -1.19. The minimum absolute atomic E-state index is 0.112. The Morgan fingerprint density at radius 1 is 0.556 bits per heavy atom. The van der Waals surface area contributed by atoms with Crippen molar-refractivity contribution in [2.75, 3.05) is 11.5 Å². The molecule has 0 aromatic heterocycles. The number of hydrogen-bond donors (Lipinski definition) is 0. The van der Waals surface area contributed by atoms with E-state index in [0.717, 1.165) is 46.3 Å². The summed E-state index contributed by atoms with van der Waals surface area (Å²) in [5.74, 6) is 5.60. The van der Waals surface area contributed by atoms with E-state index < -0.39 is 0 Å². The summed E-state index contributed by atoms with van der Waals surface area (Å²) in [7, 11) is 0. The van der Waals surface area contributed by atoms with Gasteiger partial charge in [0.1, 0.15) is 0 Å². The van der Waals surface area contributed by atoms with Crippen molar-refractivity contribution in [1.82, 2.24) is 0 Å². The Morgan fingerprint density at radius 3 is 1.25 bits per heavy atom. The zero-order valence-corrected chi connectivity index (χ0v) is 25.4. The summed E-state index contributed by atoms with van der Waals surface area (Å²) in [5, 5.41) is 0. The highest BCUT2D eigenvalue weighted by Gasteiger charge is 2.10. The molecule has 0 aliphatic carbocycles. The molecule has 0 aliphatic heterocycles. The Balaban J connectivity index is 1.72. The Labute approximate surface area is 231 Å². The summed E-state index contributed by atoms with van der Waals surface area (Å²) >= 11 is 3.81. The molecule has 3 heteroatoms. The van der Waals surface area contributed by atoms with Crippen LogP contribution in [0.1, 0.15) is 109 Å². The van der Waals surface area contributed by atoms with Gasteiger partial charge in [-0.25, -0.2) is 0 Å². The van der Waals surface area contributed by atoms with E-state index in [9.17, 15) is 4.79 Å². The van der Waals surface area contributed by atoms with Crippen molar-refractivity contribution in [3.05, 3.63) is 59.7 Å². The SMILES string of the molecule is CC(C)CCCC(C)CCSc1ccc(C(=O)c2ccc(SCCC(C)CCCC(C)C)cc2)cc1. The van der Waals surface area contributed by atoms with Crippen LogP contribution in [0.4, 0.5) is 0 Å². The van der Waals surface area contributed by atoms with Gasteiger partial charge >= 0.3 is 0 Å². The van der Waals surface area contributed by atoms with Crippen molar-refractivity contribution in [1.29, 1.82) is 0 Å². The molecule has 0 bridgehead atoms. The molecule has 2 rings (SSSR count). The van der Waals surface area contributed by atoms with Crippen molar-refractivity contribution in [3.8, 4) is 0 Å². The smallest absolute Gasteiger partial charge is 0.193 e. The summed E-state index contributed by atoms with van der Waals surface area (Å²) in [5.41, 5.74) is 1.55. The molecule has 0 radical (unpaired) electrons. The largest absolute Gasteiger partial charge is 0.289 e. The third-order valence-corrected chi connectivity index (χ3v) is 9.04. The molecule has 200 valence electrons. The lowest BCUT2D eigenvalue weighted by molar-refractivity contribution is 0.103. The van der Waals surface area contributed by atoms with Crippen LogP contribution in [0.25, 0.3) is 0 Å². The highest BCUT2D eigenvalue weighted by atomic mass is 32.2. The summed E-state index contributed by atoms with van der Waals surface area (Å²) < 4.78 is 0. The maximum Gasteiger partial charge on any atom is 0.193 e. The molecule has 1 nitrogen and oxygen atoms in total. The first kappa shape index (κ1) is 31.0. The number of thioether (sulfide) groups is 2. The van der Waals surface area contributed by atoms with Gasteiger partial charge in [0.2, 0.25) is 0 Å². The monoisotopic (exact) mass is 526 g/mol. The second kappa shape index (κ2) is 17.3. The third-order valence-electron chi connectivity index (χ3n) is 6.95. The molecule has 0 spiro atoms. The first-order valence-electron chi connectivity index (χ1n) is 14.2. The van der Waals surface area contributed by atoms with Crippen LogP contribution in [0.2, 0.25) is 0 Å². The molecule has 0 aliphatic rings. The predicted octanol–water partition coefficient (Wildman–Crippen LogP) is 10.8. The van der Waals surface area contributed by atoms with Crippen molar-refractivity contribution in [3.63, 3.8) is 0 Å². The van der Waals surface area contributed by atoms with E-state index in [2.05, 4.69) is 65.8 Å². The zero-order valence-electron chi connectivity index (χ0n) is 23.7. The van der Waals surface area contributed by atoms with Crippen molar-refractivity contribution in [2.45, 2.75) is 103 Å². The highest BCUT2D eigenvalue weighted by Crippen LogP contribution is 2.26. The van der Waals surface area contributed by atoms with Crippen LogP contribution in [-0.2, 0) is 0 Å². The number of carbonyl (C=O) groups excluding carboxylic acids is 1. The van der Waals surface area contributed by atoms with Crippen LogP contribution < -0.4 is 0 Å². The maximum atomic E-state index is 13.0. The average Bonchev–Trinajstić information content (AvgIpc) is 2.84. The lowest BCUT2D eigenvalue weighted by Crippen LogP contribution is -2.01. The summed E-state index contributed by atoms with van der Waals surface area (Å²) in [4.78, 5) is 15.5. The standard InChI is InChI=1S/C33H50OS2/c1-25(2)9-7-11-27(5)21-23-35-31-17-13-29(14-18-31)33(34)30-15-19-32(20-16-30)36-24-22-28(6)12-8-10-26(3)4/h13-20,25-28H,7-12,21-24H2,1-6H3. The highest BCUT2D eigenvalue weighted by molar-refractivity contribution is 7.99. The van der Waals surface area contributed by atoms with Crippen molar-refractivity contribution in [2.24, 2.45) is 23.7 Å². The summed E-state index contributed by atoms with van der Waals surface area (Å²) in [6.45, 7) is 14.0. The minimum Gasteiger partial charge on any atom is -0.289 e. The molecule has 0 saturated heterocycles. The van der Waals surface area contributed by atoms with Crippen LogP contribution in [0, 0.1) is 23.7 Å². The lowest BCUT2D eigenvalue weighted by atomic mass is 9.98. The van der Waals surface area contributed by atoms with Crippen LogP contribution >= 0.6 is 23.5 Å². The molecule has 0 N–H and O–H groups in total. The second-order valence-electron chi connectivity index (χ2n) is 11.5. The van der Waals surface area contributed by atoms with Crippen LogP contribution in [0.15, 0.2) is 58.3 Å². The van der Waals surface area contributed by atoms with Crippen LogP contribution in [0.3, 0.4) is 0 Å². The number of ketones is 1. The molecular formula is C33H50OS2. The first-order chi connectivity index (χ1) is 17.2. The number of benzene rings is 2. The molecule has 2 unspecified atom stereocenters. The van der Waals surface area contributed by atoms with E-state index in [1.54, 1.807) is 0 Å². The van der Waals surface area contributed by atoms with E-state index >= 15 is 0 Å². The topological polar surface area (TPSA) is 17.1 Å². The molecule has 0 saturated carbocycles. The Kier molecular flexibility index (Phi) is 14.9. The second-order valence-corrected chi connectivity index (χ2v) is 13.8. The predicted molar refractivity (Wildman–Crippen MR) is 163 cm³/mol. The first-order valence-corrected chi connectivity index (χ1v) is 16.2. The Bertz CT molecular complexity index is 783. The van der Waals surface area contributed by atoms with Crippen LogP contribution in [0.5, 0.6) is 0 Å². The lowest BCUT2D eigenvalue weighted by Gasteiger charge is -2.12. The van der Waals surface area contributed by atoms with Gasteiger partial charge < -0.3 is 0 Å². The minimum atomic E-state index is 0.112. The van der Waals surface area contributed by atoms with Gasteiger partial charge in [-0.1, -0.05) is 80.1 Å². The maximum absolute atomic E-state index is 13.0. The zero-order chi connectivity index (χ0) is 26.3. The normalized spacial score (nSPS) is 13.3. The van der Waals surface area contributed by atoms with E-state index in [4.69, 9.17) is 0 Å². The van der Waals surface area contributed by atoms with Gasteiger partial charge in [0.15, 0.2) is 5.78 Å². The molecule has 2 aromatic rings. The molecule has 2 aromatic carbocycles. The fraction of sp³-hybridized carbons (Fsp3) is 0.606. The molecule has 0 amide bonds. The third kappa shape index (κ3) is 12.9. The number of rotatable bonds is 18. The van der Waals surface area contributed by atoms with Gasteiger partial charge in [0.25, 0.3) is 0 Å². The van der Waals surface area contributed by atoms with Crippen LogP contribution in [-0.4, -0.2) is 17.3 Å². The van der Waals surface area contributed by atoms with Crippen molar-refractivity contribution < 1.29 is 4.79 Å². The molecule has 36 heavy (non-hydrogen) atoms. The average molecular weight is 527 g/mol. The van der Waals surface area contributed by atoms with E-state index in [-0.39, 0.29) is 5.78 Å². The summed E-state index contributed by atoms with van der Waals surface area (Å²) in [6, 6.07) is 16.4. The molecule has 2 atom stereocenters. The van der Waals surface area contributed by atoms with E-state index in [1.807, 2.05) is 47.8 Å². The van der Waals surface area contributed by atoms with E-state index in [0.29, 0.717) is 0 Å².